The van der Waals surface area contributed by atoms with E-state index in [1.807, 2.05) is 17.0 Å². The number of carbonyl (C=O) groups excluding carboxylic acids is 2. The Hall–Kier alpha value is -2.41. The number of amides is 1. The number of piperazine rings is 1. The third-order valence-electron chi connectivity index (χ3n) is 4.49. The van der Waals surface area contributed by atoms with Crippen molar-refractivity contribution in [3.05, 3.63) is 58.3 Å². The van der Waals surface area contributed by atoms with E-state index in [2.05, 4.69) is 15.9 Å². The van der Waals surface area contributed by atoms with Gasteiger partial charge in [0.15, 0.2) is 12.4 Å². The summed E-state index contributed by atoms with van der Waals surface area (Å²) in [7, 11) is 0. The monoisotopic (exact) mass is 434 g/mol. The molecule has 1 aliphatic rings. The molecule has 0 atom stereocenters. The maximum Gasteiger partial charge on any atom is 0.260 e. The molecule has 1 heterocycles. The maximum absolute atomic E-state index is 14.0. The highest BCUT2D eigenvalue weighted by Crippen LogP contribution is 2.25. The van der Waals surface area contributed by atoms with Gasteiger partial charge < -0.3 is 14.5 Å². The van der Waals surface area contributed by atoms with Crippen LogP contribution in [0.5, 0.6) is 5.75 Å². The Balaban J connectivity index is 1.57. The van der Waals surface area contributed by atoms with Gasteiger partial charge in [0.2, 0.25) is 0 Å². The first-order valence-corrected chi connectivity index (χ1v) is 9.45. The molecule has 1 saturated heterocycles. The van der Waals surface area contributed by atoms with Crippen molar-refractivity contribution in [2.75, 3.05) is 37.7 Å². The minimum Gasteiger partial charge on any atom is -0.484 e. The van der Waals surface area contributed by atoms with Gasteiger partial charge in [0.25, 0.3) is 5.91 Å². The quantitative estimate of drug-likeness (QED) is 0.675. The molecule has 0 bridgehead atoms. The second kappa shape index (κ2) is 8.52. The van der Waals surface area contributed by atoms with Crippen molar-refractivity contribution >= 4 is 33.3 Å². The first kappa shape index (κ1) is 19.4. The van der Waals surface area contributed by atoms with Gasteiger partial charge in [0, 0.05) is 30.7 Å². The minimum atomic E-state index is -0.513. The van der Waals surface area contributed by atoms with Gasteiger partial charge >= 0.3 is 0 Å². The Bertz CT molecular complexity index is 834. The van der Waals surface area contributed by atoms with Gasteiger partial charge in [0.1, 0.15) is 11.6 Å². The van der Waals surface area contributed by atoms with Crippen molar-refractivity contribution in [2.45, 2.75) is 6.92 Å². The highest BCUT2D eigenvalue weighted by atomic mass is 79.9. The van der Waals surface area contributed by atoms with Crippen LogP contribution in [0.3, 0.4) is 0 Å². The molecule has 0 spiro atoms. The summed E-state index contributed by atoms with van der Waals surface area (Å²) in [6.07, 6.45) is 0. The molecule has 7 heteroatoms. The zero-order chi connectivity index (χ0) is 19.4. The summed E-state index contributed by atoms with van der Waals surface area (Å²) in [5.74, 6) is -0.273. The molecule has 0 radical (unpaired) electrons. The van der Waals surface area contributed by atoms with Gasteiger partial charge in [-0.1, -0.05) is 22.0 Å². The summed E-state index contributed by atoms with van der Waals surface area (Å²) < 4.78 is 20.5. The van der Waals surface area contributed by atoms with E-state index in [0.717, 1.165) is 4.47 Å². The third-order valence-corrected chi connectivity index (χ3v) is 5.02. The highest BCUT2D eigenvalue weighted by molar-refractivity contribution is 9.10. The lowest BCUT2D eigenvalue weighted by Gasteiger charge is -2.36. The average molecular weight is 435 g/mol. The molecule has 0 saturated carbocycles. The van der Waals surface area contributed by atoms with E-state index < -0.39 is 5.82 Å². The topological polar surface area (TPSA) is 49.9 Å². The van der Waals surface area contributed by atoms with Crippen molar-refractivity contribution < 1.29 is 18.7 Å². The van der Waals surface area contributed by atoms with Crippen molar-refractivity contribution in [3.63, 3.8) is 0 Å². The summed E-state index contributed by atoms with van der Waals surface area (Å²) >= 11 is 3.35. The van der Waals surface area contributed by atoms with E-state index in [1.165, 1.54) is 13.0 Å². The molecule has 1 amide bonds. The number of hydrogen-bond acceptors (Lipinski definition) is 4. The smallest absolute Gasteiger partial charge is 0.260 e. The fourth-order valence-corrected chi connectivity index (χ4v) is 3.35. The molecule has 1 fully saturated rings. The molecular weight excluding hydrogens is 415 g/mol. The van der Waals surface area contributed by atoms with E-state index in [0.29, 0.717) is 37.6 Å². The largest absolute Gasteiger partial charge is 0.484 e. The van der Waals surface area contributed by atoms with Crippen molar-refractivity contribution in [1.29, 1.82) is 0 Å². The number of nitrogens with zero attached hydrogens (tertiary/aromatic N) is 2. The van der Waals surface area contributed by atoms with Gasteiger partial charge in [-0.05, 0) is 43.3 Å². The number of anilines is 1. The minimum absolute atomic E-state index is 0.0275. The highest BCUT2D eigenvalue weighted by Gasteiger charge is 2.24. The van der Waals surface area contributed by atoms with Crippen LogP contribution in [0.4, 0.5) is 10.1 Å². The van der Waals surface area contributed by atoms with Gasteiger partial charge in [-0.15, -0.1) is 0 Å². The molecular formula is C20H20BrFN2O3. The molecule has 0 unspecified atom stereocenters. The fourth-order valence-electron chi connectivity index (χ4n) is 3.09. The van der Waals surface area contributed by atoms with Crippen molar-refractivity contribution in [2.24, 2.45) is 0 Å². The Morgan fingerprint density at radius 1 is 1.07 bits per heavy atom. The lowest BCUT2D eigenvalue weighted by Crippen LogP contribution is -2.50. The second-order valence-electron chi connectivity index (χ2n) is 6.30. The Labute approximate surface area is 165 Å². The van der Waals surface area contributed by atoms with Gasteiger partial charge in [-0.2, -0.15) is 0 Å². The predicted molar refractivity (Wildman–Crippen MR) is 105 cm³/mol. The summed E-state index contributed by atoms with van der Waals surface area (Å²) in [4.78, 5) is 27.8. The van der Waals surface area contributed by atoms with Crippen LogP contribution in [0.1, 0.15) is 17.3 Å². The molecule has 0 N–H and O–H groups in total. The number of carbonyl (C=O) groups is 2. The van der Waals surface area contributed by atoms with Gasteiger partial charge in [-0.3, -0.25) is 9.59 Å². The average Bonchev–Trinajstić information content (AvgIpc) is 2.67. The lowest BCUT2D eigenvalue weighted by molar-refractivity contribution is -0.133. The first-order chi connectivity index (χ1) is 13.0. The number of Topliss-reactive ketones (excluding diaryl/α,β-unsaturated/α-hetero) is 1. The summed E-state index contributed by atoms with van der Waals surface area (Å²) in [6, 6.07) is 11.9. The Kier molecular flexibility index (Phi) is 6.11. The predicted octanol–water partition coefficient (Wildman–Crippen LogP) is 3.52. The lowest BCUT2D eigenvalue weighted by atomic mass is 10.1. The van der Waals surface area contributed by atoms with Crippen LogP contribution in [0.25, 0.3) is 0 Å². The second-order valence-corrected chi connectivity index (χ2v) is 7.22. The first-order valence-electron chi connectivity index (χ1n) is 8.66. The van der Waals surface area contributed by atoms with Crippen LogP contribution in [-0.4, -0.2) is 49.4 Å². The van der Waals surface area contributed by atoms with Crippen LogP contribution in [0.15, 0.2) is 46.9 Å². The zero-order valence-electron chi connectivity index (χ0n) is 15.0. The molecule has 1 aliphatic heterocycles. The molecule has 142 valence electrons. The molecule has 27 heavy (non-hydrogen) atoms. The molecule has 0 aromatic heterocycles. The number of ketones is 1. The SMILES string of the molecule is CC(=O)c1c(F)cccc1N1CCN(C(=O)COc2ccc(Br)cc2)CC1. The molecule has 5 nitrogen and oxygen atoms in total. The number of ether oxygens (including phenoxy) is 1. The van der Waals surface area contributed by atoms with Crippen LogP contribution in [-0.2, 0) is 4.79 Å². The van der Waals surface area contributed by atoms with E-state index in [1.54, 1.807) is 29.2 Å². The number of rotatable bonds is 5. The zero-order valence-corrected chi connectivity index (χ0v) is 16.5. The number of benzene rings is 2. The molecule has 2 aromatic carbocycles. The van der Waals surface area contributed by atoms with Crippen LogP contribution < -0.4 is 9.64 Å². The summed E-state index contributed by atoms with van der Waals surface area (Å²) in [6.45, 7) is 3.40. The maximum atomic E-state index is 14.0. The number of halogens is 2. The molecule has 3 rings (SSSR count). The van der Waals surface area contributed by atoms with E-state index >= 15 is 0 Å². The normalized spacial score (nSPS) is 14.2. The van der Waals surface area contributed by atoms with Crippen molar-refractivity contribution in [1.82, 2.24) is 4.90 Å². The van der Waals surface area contributed by atoms with Gasteiger partial charge in [0.05, 0.1) is 11.3 Å². The van der Waals surface area contributed by atoms with Crippen LogP contribution >= 0.6 is 15.9 Å². The van der Waals surface area contributed by atoms with Gasteiger partial charge in [-0.25, -0.2) is 4.39 Å². The van der Waals surface area contributed by atoms with E-state index in [4.69, 9.17) is 4.74 Å². The standard InChI is InChI=1S/C20H20BrFN2O3/c1-14(25)20-17(22)3-2-4-18(20)23-9-11-24(12-10-23)19(26)13-27-16-7-5-15(21)6-8-16/h2-8H,9-13H2,1H3. The Morgan fingerprint density at radius 2 is 1.74 bits per heavy atom. The summed E-state index contributed by atoms with van der Waals surface area (Å²) in [5, 5.41) is 0. The molecule has 0 aliphatic carbocycles. The van der Waals surface area contributed by atoms with Crippen LogP contribution in [0.2, 0.25) is 0 Å². The number of hydrogen-bond donors (Lipinski definition) is 0. The summed E-state index contributed by atoms with van der Waals surface area (Å²) in [5.41, 5.74) is 0.691. The van der Waals surface area contributed by atoms with Crippen LogP contribution in [0, 0.1) is 5.82 Å². The third kappa shape index (κ3) is 4.66. The van der Waals surface area contributed by atoms with E-state index in [9.17, 15) is 14.0 Å². The van der Waals surface area contributed by atoms with Crippen molar-refractivity contribution in [3.8, 4) is 5.75 Å². The Morgan fingerprint density at radius 3 is 2.37 bits per heavy atom. The fraction of sp³-hybridized carbons (Fsp3) is 0.300. The van der Waals surface area contributed by atoms with E-state index in [-0.39, 0.29) is 23.9 Å². The molecule has 2 aromatic rings.